The van der Waals surface area contributed by atoms with Crippen LogP contribution in [0.1, 0.15) is 22.1 Å². The average molecular weight is 294 g/mol. The highest BCUT2D eigenvalue weighted by atomic mass is 35.5. The van der Waals surface area contributed by atoms with Gasteiger partial charge in [0, 0.05) is 10.6 Å². The van der Waals surface area contributed by atoms with Crippen LogP contribution in [0.5, 0.6) is 0 Å². The number of carbonyl (C=O) groups excluding carboxylic acids is 1. The molecule has 0 fully saturated rings. The van der Waals surface area contributed by atoms with E-state index >= 15 is 0 Å². The predicted molar refractivity (Wildman–Crippen MR) is 74.7 cm³/mol. The minimum absolute atomic E-state index is 0.335. The number of hydrogen-bond acceptors (Lipinski definition) is 3. The number of rotatable bonds is 2. The van der Waals surface area contributed by atoms with E-state index in [1.165, 1.54) is 0 Å². The van der Waals surface area contributed by atoms with E-state index in [0.717, 1.165) is 5.56 Å². The van der Waals surface area contributed by atoms with E-state index in [4.69, 9.17) is 27.9 Å². The Morgan fingerprint density at radius 2 is 1.89 bits per heavy atom. The maximum absolute atomic E-state index is 11.7. The Morgan fingerprint density at radius 3 is 2.68 bits per heavy atom. The topological polar surface area (TPSA) is 38.3 Å². The average Bonchev–Trinajstić information content (AvgIpc) is 2.71. The number of hydrogen-bond donors (Lipinski definition) is 1. The third-order valence-electron chi connectivity index (χ3n) is 2.91. The number of anilines is 1. The van der Waals surface area contributed by atoms with Gasteiger partial charge in [0.25, 0.3) is 0 Å². The second-order valence-corrected chi connectivity index (χ2v) is 4.98. The van der Waals surface area contributed by atoms with E-state index in [9.17, 15) is 4.79 Å². The fraction of sp³-hybridized carbons (Fsp3) is 0.0714. The summed E-state index contributed by atoms with van der Waals surface area (Å²) in [6.07, 6.45) is -0.526. The molecule has 1 aliphatic rings. The number of cyclic esters (lactones) is 1. The molecular formula is C14H9Cl2NO2. The van der Waals surface area contributed by atoms with Crippen LogP contribution >= 0.6 is 23.2 Å². The lowest BCUT2D eigenvalue weighted by Gasteiger charge is -2.15. The molecule has 0 unspecified atom stereocenters. The molecule has 96 valence electrons. The molecule has 0 saturated heterocycles. The predicted octanol–water partition coefficient (Wildman–Crippen LogP) is 4.27. The first-order chi connectivity index (χ1) is 9.15. The molecule has 0 amide bonds. The quantitative estimate of drug-likeness (QED) is 0.840. The minimum atomic E-state index is -0.526. The molecule has 0 radical (unpaired) electrons. The SMILES string of the molecule is O=C1O[C@@H](Nc2ccc(Cl)cc2Cl)c2ccccc21. The second kappa shape index (κ2) is 4.76. The van der Waals surface area contributed by atoms with Crippen LogP contribution in [0.25, 0.3) is 0 Å². The summed E-state index contributed by atoms with van der Waals surface area (Å²) in [7, 11) is 0. The second-order valence-electron chi connectivity index (χ2n) is 4.14. The van der Waals surface area contributed by atoms with Crippen molar-refractivity contribution in [1.29, 1.82) is 0 Å². The van der Waals surface area contributed by atoms with Gasteiger partial charge in [-0.3, -0.25) is 0 Å². The van der Waals surface area contributed by atoms with Crippen LogP contribution in [0.3, 0.4) is 0 Å². The first kappa shape index (κ1) is 12.3. The molecule has 0 saturated carbocycles. The van der Waals surface area contributed by atoms with Crippen LogP contribution in [0.4, 0.5) is 5.69 Å². The van der Waals surface area contributed by atoms with Crippen molar-refractivity contribution >= 4 is 34.9 Å². The van der Waals surface area contributed by atoms with Crippen molar-refractivity contribution in [3.8, 4) is 0 Å². The van der Waals surface area contributed by atoms with Gasteiger partial charge < -0.3 is 10.1 Å². The minimum Gasteiger partial charge on any atom is -0.434 e. The van der Waals surface area contributed by atoms with Gasteiger partial charge in [0.2, 0.25) is 6.23 Å². The van der Waals surface area contributed by atoms with Gasteiger partial charge in [0.05, 0.1) is 16.3 Å². The van der Waals surface area contributed by atoms with Crippen LogP contribution in [0, 0.1) is 0 Å². The Balaban J connectivity index is 1.91. The summed E-state index contributed by atoms with van der Waals surface area (Å²) < 4.78 is 5.28. The molecule has 0 aromatic heterocycles. The molecule has 0 aliphatic carbocycles. The fourth-order valence-corrected chi connectivity index (χ4v) is 2.46. The number of nitrogens with one attached hydrogen (secondary N) is 1. The van der Waals surface area contributed by atoms with E-state index in [-0.39, 0.29) is 5.97 Å². The zero-order chi connectivity index (χ0) is 13.4. The van der Waals surface area contributed by atoms with E-state index in [2.05, 4.69) is 5.32 Å². The third-order valence-corrected chi connectivity index (χ3v) is 3.45. The third kappa shape index (κ3) is 2.27. The molecule has 1 N–H and O–H groups in total. The summed E-state index contributed by atoms with van der Waals surface area (Å²) >= 11 is 11.9. The van der Waals surface area contributed by atoms with Gasteiger partial charge in [-0.2, -0.15) is 0 Å². The van der Waals surface area contributed by atoms with Crippen LogP contribution in [0.2, 0.25) is 10.0 Å². The van der Waals surface area contributed by atoms with E-state index < -0.39 is 6.23 Å². The highest BCUT2D eigenvalue weighted by molar-refractivity contribution is 6.36. The molecular weight excluding hydrogens is 285 g/mol. The molecule has 19 heavy (non-hydrogen) atoms. The Bertz CT molecular complexity index is 658. The van der Waals surface area contributed by atoms with Crippen molar-refractivity contribution in [2.24, 2.45) is 0 Å². The molecule has 3 nitrogen and oxygen atoms in total. The Kier molecular flexibility index (Phi) is 3.09. The lowest BCUT2D eigenvalue weighted by Crippen LogP contribution is -2.10. The molecule has 1 aliphatic heterocycles. The summed E-state index contributed by atoms with van der Waals surface area (Å²) in [5.41, 5.74) is 2.05. The van der Waals surface area contributed by atoms with E-state index in [1.54, 1.807) is 30.3 Å². The summed E-state index contributed by atoms with van der Waals surface area (Å²) in [5.74, 6) is -0.335. The first-order valence-corrected chi connectivity index (χ1v) is 6.42. The van der Waals surface area contributed by atoms with Crippen molar-refractivity contribution in [2.75, 3.05) is 5.32 Å². The van der Waals surface area contributed by atoms with Gasteiger partial charge in [-0.15, -0.1) is 0 Å². The van der Waals surface area contributed by atoms with Crippen molar-refractivity contribution in [1.82, 2.24) is 0 Å². The summed E-state index contributed by atoms with van der Waals surface area (Å²) in [6.45, 7) is 0. The maximum atomic E-state index is 11.7. The van der Waals surface area contributed by atoms with E-state index in [1.807, 2.05) is 12.1 Å². The normalized spacial score (nSPS) is 16.9. The fourth-order valence-electron chi connectivity index (χ4n) is 2.00. The molecule has 0 bridgehead atoms. The van der Waals surface area contributed by atoms with Crippen molar-refractivity contribution < 1.29 is 9.53 Å². The summed E-state index contributed by atoms with van der Waals surface area (Å²) in [5, 5.41) is 4.12. The first-order valence-electron chi connectivity index (χ1n) is 5.66. The standard InChI is InChI=1S/C14H9Cl2NO2/c15-8-5-6-12(11(16)7-8)17-13-9-3-1-2-4-10(9)14(18)19-13/h1-7,13,17H/t13-/m1/s1. The van der Waals surface area contributed by atoms with Crippen LogP contribution in [-0.2, 0) is 4.74 Å². The zero-order valence-electron chi connectivity index (χ0n) is 9.69. The molecule has 2 aromatic rings. The highest BCUT2D eigenvalue weighted by Crippen LogP contribution is 2.34. The molecule has 2 aromatic carbocycles. The van der Waals surface area contributed by atoms with Crippen LogP contribution < -0.4 is 5.32 Å². The van der Waals surface area contributed by atoms with Gasteiger partial charge in [-0.1, -0.05) is 41.4 Å². The van der Waals surface area contributed by atoms with Gasteiger partial charge in [-0.05, 0) is 24.3 Å². The van der Waals surface area contributed by atoms with Crippen molar-refractivity contribution in [3.05, 3.63) is 63.6 Å². The Morgan fingerprint density at radius 1 is 1.11 bits per heavy atom. The van der Waals surface area contributed by atoms with Crippen LogP contribution in [-0.4, -0.2) is 5.97 Å². The number of carbonyl (C=O) groups is 1. The van der Waals surface area contributed by atoms with Gasteiger partial charge >= 0.3 is 5.97 Å². The van der Waals surface area contributed by atoms with Gasteiger partial charge in [0.1, 0.15) is 0 Å². The number of ether oxygens (including phenoxy) is 1. The van der Waals surface area contributed by atoms with E-state index in [0.29, 0.717) is 21.3 Å². The monoisotopic (exact) mass is 293 g/mol. The van der Waals surface area contributed by atoms with Crippen molar-refractivity contribution in [3.63, 3.8) is 0 Å². The smallest absolute Gasteiger partial charge is 0.340 e. The number of benzene rings is 2. The van der Waals surface area contributed by atoms with Crippen molar-refractivity contribution in [2.45, 2.75) is 6.23 Å². The number of halogens is 2. The lowest BCUT2D eigenvalue weighted by atomic mass is 10.1. The summed E-state index contributed by atoms with van der Waals surface area (Å²) in [4.78, 5) is 11.7. The Labute approximate surface area is 120 Å². The largest absolute Gasteiger partial charge is 0.434 e. The molecule has 0 spiro atoms. The van der Waals surface area contributed by atoms with Gasteiger partial charge in [0.15, 0.2) is 0 Å². The zero-order valence-corrected chi connectivity index (χ0v) is 11.2. The number of fused-ring (bicyclic) bond motifs is 1. The molecule has 5 heteroatoms. The maximum Gasteiger partial charge on any atom is 0.340 e. The lowest BCUT2D eigenvalue weighted by molar-refractivity contribution is 0.0437. The number of esters is 1. The molecule has 1 atom stereocenters. The molecule has 1 heterocycles. The Hall–Kier alpha value is -1.71. The van der Waals surface area contributed by atoms with Crippen LogP contribution in [0.15, 0.2) is 42.5 Å². The summed E-state index contributed by atoms with van der Waals surface area (Å²) in [6, 6.07) is 12.4. The highest BCUT2D eigenvalue weighted by Gasteiger charge is 2.30. The van der Waals surface area contributed by atoms with Gasteiger partial charge in [-0.25, -0.2) is 4.79 Å². The molecule has 3 rings (SSSR count).